The Hall–Kier alpha value is -1.64. The summed E-state index contributed by atoms with van der Waals surface area (Å²) in [5, 5.41) is 0. The van der Waals surface area contributed by atoms with Gasteiger partial charge in [-0.15, -0.1) is 0 Å². The molecule has 0 heterocycles. The lowest BCUT2D eigenvalue weighted by Gasteiger charge is -2.35. The average Bonchev–Trinajstić information content (AvgIpc) is 2.54. The van der Waals surface area contributed by atoms with Crippen molar-refractivity contribution in [3.05, 3.63) is 71.8 Å². The van der Waals surface area contributed by atoms with Crippen LogP contribution in [0.3, 0.4) is 0 Å². The van der Waals surface area contributed by atoms with Gasteiger partial charge in [0.25, 0.3) is 0 Å². The minimum absolute atomic E-state index is 0.353. The topological polar surface area (TPSA) is 29.3 Å². The van der Waals surface area contributed by atoms with Crippen LogP contribution in [0.15, 0.2) is 60.7 Å². The van der Waals surface area contributed by atoms with E-state index in [4.69, 9.17) is 5.73 Å². The summed E-state index contributed by atoms with van der Waals surface area (Å²) in [5.41, 5.74) is 9.01. The molecule has 21 heavy (non-hydrogen) atoms. The standard InChI is InChI=1S/C19H26N2/c1-3-21(4-2)16-19(20,18-13-9-6-10-14-18)15-17-11-7-5-8-12-17/h5-14H,3-4,15-16,20H2,1-2H3. The highest BCUT2D eigenvalue weighted by Crippen LogP contribution is 2.24. The fourth-order valence-electron chi connectivity index (χ4n) is 2.83. The molecule has 0 fully saturated rings. The lowest BCUT2D eigenvalue weighted by molar-refractivity contribution is 0.224. The largest absolute Gasteiger partial charge is 0.320 e. The van der Waals surface area contributed by atoms with E-state index in [1.165, 1.54) is 11.1 Å². The molecule has 2 nitrogen and oxygen atoms in total. The molecule has 0 radical (unpaired) electrons. The molecule has 112 valence electrons. The summed E-state index contributed by atoms with van der Waals surface area (Å²) in [4.78, 5) is 2.40. The zero-order chi connectivity index (χ0) is 15.1. The van der Waals surface area contributed by atoms with Crippen LogP contribution in [0.2, 0.25) is 0 Å². The monoisotopic (exact) mass is 282 g/mol. The first-order valence-electron chi connectivity index (χ1n) is 7.78. The van der Waals surface area contributed by atoms with Crippen LogP contribution in [-0.2, 0) is 12.0 Å². The predicted molar refractivity (Wildman–Crippen MR) is 90.2 cm³/mol. The smallest absolute Gasteiger partial charge is 0.0579 e. The van der Waals surface area contributed by atoms with E-state index in [-0.39, 0.29) is 5.54 Å². The number of hydrogen-bond acceptors (Lipinski definition) is 2. The summed E-state index contributed by atoms with van der Waals surface area (Å²) < 4.78 is 0. The highest BCUT2D eigenvalue weighted by molar-refractivity contribution is 5.29. The van der Waals surface area contributed by atoms with Gasteiger partial charge in [0, 0.05) is 6.54 Å². The summed E-state index contributed by atoms with van der Waals surface area (Å²) in [7, 11) is 0. The maximum Gasteiger partial charge on any atom is 0.0579 e. The quantitative estimate of drug-likeness (QED) is 0.843. The van der Waals surface area contributed by atoms with Crippen molar-refractivity contribution in [2.24, 2.45) is 5.73 Å². The van der Waals surface area contributed by atoms with Crippen LogP contribution in [0.5, 0.6) is 0 Å². The normalized spacial score (nSPS) is 14.1. The number of likely N-dealkylation sites (N-methyl/N-ethyl adjacent to an activating group) is 1. The van der Waals surface area contributed by atoms with Gasteiger partial charge in [0.1, 0.15) is 0 Å². The van der Waals surface area contributed by atoms with Gasteiger partial charge in [-0.25, -0.2) is 0 Å². The second kappa shape index (κ2) is 7.39. The molecular formula is C19H26N2. The van der Waals surface area contributed by atoms with Gasteiger partial charge >= 0.3 is 0 Å². The van der Waals surface area contributed by atoms with E-state index in [9.17, 15) is 0 Å². The van der Waals surface area contributed by atoms with Crippen molar-refractivity contribution >= 4 is 0 Å². The SMILES string of the molecule is CCN(CC)CC(N)(Cc1ccccc1)c1ccccc1. The van der Waals surface area contributed by atoms with Gasteiger partial charge in [-0.2, -0.15) is 0 Å². The summed E-state index contributed by atoms with van der Waals surface area (Å²) in [5.74, 6) is 0. The van der Waals surface area contributed by atoms with Crippen LogP contribution in [0.4, 0.5) is 0 Å². The third-order valence-corrected chi connectivity index (χ3v) is 4.11. The molecule has 0 saturated heterocycles. The number of rotatable bonds is 7. The fourth-order valence-corrected chi connectivity index (χ4v) is 2.83. The molecule has 2 rings (SSSR count). The first-order chi connectivity index (χ1) is 10.2. The summed E-state index contributed by atoms with van der Waals surface area (Å²) in [6, 6.07) is 21.0. The molecule has 1 atom stereocenters. The molecule has 0 aromatic heterocycles. The van der Waals surface area contributed by atoms with Gasteiger partial charge in [0.15, 0.2) is 0 Å². The Labute approximate surface area is 128 Å². The minimum atomic E-state index is -0.353. The molecule has 0 aliphatic carbocycles. The average molecular weight is 282 g/mol. The van der Waals surface area contributed by atoms with Crippen molar-refractivity contribution < 1.29 is 0 Å². The number of nitrogens with two attached hydrogens (primary N) is 1. The lowest BCUT2D eigenvalue weighted by Crippen LogP contribution is -2.49. The summed E-state index contributed by atoms with van der Waals surface area (Å²) >= 11 is 0. The number of nitrogens with zero attached hydrogens (tertiary/aromatic N) is 1. The molecule has 0 amide bonds. The highest BCUT2D eigenvalue weighted by atomic mass is 15.1. The number of benzene rings is 2. The highest BCUT2D eigenvalue weighted by Gasteiger charge is 2.29. The van der Waals surface area contributed by atoms with Gasteiger partial charge in [-0.3, -0.25) is 0 Å². The maximum atomic E-state index is 6.86. The Balaban J connectivity index is 2.29. The Morgan fingerprint density at radius 2 is 1.38 bits per heavy atom. The Morgan fingerprint density at radius 3 is 1.90 bits per heavy atom. The third kappa shape index (κ3) is 4.16. The molecule has 2 heteroatoms. The molecule has 2 aromatic carbocycles. The molecule has 0 aliphatic rings. The van der Waals surface area contributed by atoms with Gasteiger partial charge < -0.3 is 10.6 Å². The molecule has 0 spiro atoms. The van der Waals surface area contributed by atoms with Gasteiger partial charge in [-0.05, 0) is 30.6 Å². The third-order valence-electron chi connectivity index (χ3n) is 4.11. The lowest BCUT2D eigenvalue weighted by atomic mass is 9.84. The van der Waals surface area contributed by atoms with Crippen molar-refractivity contribution in [1.82, 2.24) is 4.90 Å². The van der Waals surface area contributed by atoms with Crippen molar-refractivity contribution in [2.75, 3.05) is 19.6 Å². The predicted octanol–water partition coefficient (Wildman–Crippen LogP) is 3.43. The molecular weight excluding hydrogens is 256 g/mol. The van der Waals surface area contributed by atoms with E-state index in [1.54, 1.807) is 0 Å². The van der Waals surface area contributed by atoms with Crippen LogP contribution in [-0.4, -0.2) is 24.5 Å². The van der Waals surface area contributed by atoms with Crippen LogP contribution in [0.25, 0.3) is 0 Å². The summed E-state index contributed by atoms with van der Waals surface area (Å²) in [6.07, 6.45) is 0.856. The second-order valence-electron chi connectivity index (χ2n) is 5.65. The second-order valence-corrected chi connectivity index (χ2v) is 5.65. The van der Waals surface area contributed by atoms with E-state index in [1.807, 2.05) is 6.07 Å². The van der Waals surface area contributed by atoms with Crippen molar-refractivity contribution in [3.8, 4) is 0 Å². The summed E-state index contributed by atoms with van der Waals surface area (Å²) in [6.45, 7) is 7.31. The molecule has 2 N–H and O–H groups in total. The van der Waals surface area contributed by atoms with Gasteiger partial charge in [-0.1, -0.05) is 74.5 Å². The molecule has 1 unspecified atom stereocenters. The van der Waals surface area contributed by atoms with Crippen molar-refractivity contribution in [3.63, 3.8) is 0 Å². The van der Waals surface area contributed by atoms with Gasteiger partial charge in [0.2, 0.25) is 0 Å². The molecule has 2 aromatic rings. The van der Waals surface area contributed by atoms with Crippen LogP contribution < -0.4 is 5.73 Å². The first-order valence-corrected chi connectivity index (χ1v) is 7.78. The van der Waals surface area contributed by atoms with Crippen molar-refractivity contribution in [1.29, 1.82) is 0 Å². The van der Waals surface area contributed by atoms with E-state index in [2.05, 4.69) is 73.3 Å². The van der Waals surface area contributed by atoms with E-state index in [0.717, 1.165) is 26.1 Å². The number of hydrogen-bond donors (Lipinski definition) is 1. The molecule has 0 bridgehead atoms. The first kappa shape index (κ1) is 15.7. The zero-order valence-electron chi connectivity index (χ0n) is 13.1. The Bertz CT molecular complexity index is 520. The van der Waals surface area contributed by atoms with E-state index in [0.29, 0.717) is 0 Å². The minimum Gasteiger partial charge on any atom is -0.320 e. The van der Waals surface area contributed by atoms with Crippen LogP contribution in [0.1, 0.15) is 25.0 Å². The maximum absolute atomic E-state index is 6.86. The van der Waals surface area contributed by atoms with Crippen molar-refractivity contribution in [2.45, 2.75) is 25.8 Å². The molecule has 0 aliphatic heterocycles. The van der Waals surface area contributed by atoms with Crippen LogP contribution in [0, 0.1) is 0 Å². The van der Waals surface area contributed by atoms with E-state index >= 15 is 0 Å². The zero-order valence-corrected chi connectivity index (χ0v) is 13.1. The Kier molecular flexibility index (Phi) is 5.54. The molecule has 0 saturated carbocycles. The van der Waals surface area contributed by atoms with E-state index < -0.39 is 0 Å². The Morgan fingerprint density at radius 1 is 0.857 bits per heavy atom. The fraction of sp³-hybridized carbons (Fsp3) is 0.368. The van der Waals surface area contributed by atoms with Crippen LogP contribution >= 0.6 is 0 Å². The van der Waals surface area contributed by atoms with Gasteiger partial charge in [0.05, 0.1) is 5.54 Å².